The largest absolute Gasteiger partial charge is 1.00 e. The number of hydrogen-bond acceptors (Lipinski definition) is 3. The van der Waals surface area contributed by atoms with Crippen molar-refractivity contribution in [1.82, 2.24) is 9.80 Å². The van der Waals surface area contributed by atoms with Crippen molar-refractivity contribution < 1.29 is 17.1 Å². The van der Waals surface area contributed by atoms with E-state index in [-0.39, 0.29) is 12.4 Å². The van der Waals surface area contributed by atoms with Crippen LogP contribution < -0.4 is 12.4 Å². The van der Waals surface area contributed by atoms with E-state index >= 15 is 0 Å². The molecule has 130 valence electrons. The molecule has 0 bridgehead atoms. The summed E-state index contributed by atoms with van der Waals surface area (Å²) in [5.74, 6) is 0. The quantitative estimate of drug-likeness (QED) is 0.776. The molecular formula is C19H30ClN2O-. The second kappa shape index (κ2) is 8.48. The summed E-state index contributed by atoms with van der Waals surface area (Å²) in [6, 6.07) is 9.74. The van der Waals surface area contributed by atoms with E-state index < -0.39 is 0 Å². The Kier molecular flexibility index (Phi) is 6.90. The number of ether oxygens (including phenoxy) is 1. The van der Waals surface area contributed by atoms with Crippen LogP contribution in [0.1, 0.15) is 37.8 Å². The highest BCUT2D eigenvalue weighted by Gasteiger charge is 2.30. The molecule has 0 aromatic heterocycles. The van der Waals surface area contributed by atoms with Crippen molar-refractivity contribution in [3.63, 3.8) is 0 Å². The fourth-order valence-corrected chi connectivity index (χ4v) is 3.91. The van der Waals surface area contributed by atoms with Crippen LogP contribution >= 0.6 is 0 Å². The fraction of sp³-hybridized carbons (Fsp3) is 0.684. The average Bonchev–Trinajstić information content (AvgIpc) is 2.49. The molecule has 2 atom stereocenters. The molecule has 2 saturated heterocycles. The van der Waals surface area contributed by atoms with Crippen LogP contribution in [0.3, 0.4) is 0 Å². The molecule has 0 spiro atoms. The molecule has 2 unspecified atom stereocenters. The standard InChI is InChI=1S/C19H30N2O.ClH/c1-15-4-6-18(7-5-15)14-20-10-8-19(9-11-20)21-12-16(2)22-17(3)13-21;/h4-7,16-17,19H,8-14H2,1-3H3;1H/p-1. The van der Waals surface area contributed by atoms with Gasteiger partial charge in [0.2, 0.25) is 0 Å². The van der Waals surface area contributed by atoms with Gasteiger partial charge in [-0.05, 0) is 52.3 Å². The summed E-state index contributed by atoms with van der Waals surface area (Å²) < 4.78 is 5.86. The zero-order valence-corrected chi connectivity index (χ0v) is 15.4. The first-order chi connectivity index (χ1) is 10.6. The zero-order valence-electron chi connectivity index (χ0n) is 14.7. The van der Waals surface area contributed by atoms with Gasteiger partial charge in [0.25, 0.3) is 0 Å². The summed E-state index contributed by atoms with van der Waals surface area (Å²) in [4.78, 5) is 5.27. The van der Waals surface area contributed by atoms with E-state index in [9.17, 15) is 0 Å². The van der Waals surface area contributed by atoms with Gasteiger partial charge in [-0.1, -0.05) is 29.8 Å². The molecule has 2 fully saturated rings. The molecular weight excluding hydrogens is 308 g/mol. The highest BCUT2D eigenvalue weighted by atomic mass is 35.5. The highest BCUT2D eigenvalue weighted by Crippen LogP contribution is 2.22. The molecule has 1 aromatic carbocycles. The molecule has 3 rings (SSSR count). The molecule has 0 N–H and O–H groups in total. The third-order valence-corrected chi connectivity index (χ3v) is 5.05. The van der Waals surface area contributed by atoms with Crippen molar-refractivity contribution in [3.05, 3.63) is 35.4 Å². The van der Waals surface area contributed by atoms with E-state index in [1.807, 2.05) is 0 Å². The Balaban J connectivity index is 0.00000192. The Morgan fingerprint density at radius 1 is 1.00 bits per heavy atom. The van der Waals surface area contributed by atoms with Crippen LogP contribution in [0.15, 0.2) is 24.3 Å². The van der Waals surface area contributed by atoms with Gasteiger partial charge in [0.05, 0.1) is 12.2 Å². The lowest BCUT2D eigenvalue weighted by Gasteiger charge is -2.43. The Morgan fingerprint density at radius 3 is 2.13 bits per heavy atom. The number of aryl methyl sites for hydroxylation is 1. The second-order valence-corrected chi connectivity index (χ2v) is 7.20. The minimum absolute atomic E-state index is 0. The first kappa shape index (κ1) is 18.7. The first-order valence-electron chi connectivity index (χ1n) is 8.77. The monoisotopic (exact) mass is 337 g/mol. The number of hydrogen-bond donors (Lipinski definition) is 0. The van der Waals surface area contributed by atoms with Gasteiger partial charge < -0.3 is 17.1 Å². The van der Waals surface area contributed by atoms with Crippen molar-refractivity contribution >= 4 is 0 Å². The Morgan fingerprint density at radius 2 is 1.57 bits per heavy atom. The third kappa shape index (κ3) is 5.18. The van der Waals surface area contributed by atoms with Crippen molar-refractivity contribution in [1.29, 1.82) is 0 Å². The van der Waals surface area contributed by atoms with Gasteiger partial charge in [0.15, 0.2) is 0 Å². The smallest absolute Gasteiger partial charge is 0.0678 e. The van der Waals surface area contributed by atoms with Crippen LogP contribution in [-0.2, 0) is 11.3 Å². The van der Waals surface area contributed by atoms with Gasteiger partial charge in [-0.2, -0.15) is 0 Å². The van der Waals surface area contributed by atoms with E-state index in [2.05, 4.69) is 54.8 Å². The summed E-state index contributed by atoms with van der Waals surface area (Å²) >= 11 is 0. The van der Waals surface area contributed by atoms with E-state index in [0.29, 0.717) is 12.2 Å². The van der Waals surface area contributed by atoms with Crippen molar-refractivity contribution in [2.24, 2.45) is 0 Å². The van der Waals surface area contributed by atoms with Gasteiger partial charge in [0.1, 0.15) is 0 Å². The molecule has 4 heteroatoms. The predicted octanol–water partition coefficient (Wildman–Crippen LogP) is 0.0726. The van der Waals surface area contributed by atoms with Crippen LogP contribution in [0.5, 0.6) is 0 Å². The Hall–Kier alpha value is -0.610. The first-order valence-corrected chi connectivity index (χ1v) is 8.77. The van der Waals surface area contributed by atoms with Gasteiger partial charge >= 0.3 is 0 Å². The number of halogens is 1. The fourth-order valence-electron chi connectivity index (χ4n) is 3.91. The van der Waals surface area contributed by atoms with Crippen LogP contribution in [0.2, 0.25) is 0 Å². The number of morpholine rings is 1. The molecule has 1 aromatic rings. The minimum atomic E-state index is 0. The van der Waals surface area contributed by atoms with E-state index in [0.717, 1.165) is 25.7 Å². The van der Waals surface area contributed by atoms with E-state index in [1.54, 1.807) is 0 Å². The van der Waals surface area contributed by atoms with E-state index in [1.165, 1.54) is 37.1 Å². The predicted molar refractivity (Wildman–Crippen MR) is 91.1 cm³/mol. The lowest BCUT2D eigenvalue weighted by atomic mass is 10.0. The maximum absolute atomic E-state index is 5.86. The summed E-state index contributed by atoms with van der Waals surface area (Å²) in [7, 11) is 0. The van der Waals surface area contributed by atoms with Gasteiger partial charge in [-0.25, -0.2) is 0 Å². The zero-order chi connectivity index (χ0) is 15.5. The third-order valence-electron chi connectivity index (χ3n) is 5.05. The molecule has 2 aliphatic heterocycles. The second-order valence-electron chi connectivity index (χ2n) is 7.20. The van der Waals surface area contributed by atoms with Crippen LogP contribution in [0, 0.1) is 6.92 Å². The summed E-state index contributed by atoms with van der Waals surface area (Å²) in [6.07, 6.45) is 3.36. The summed E-state index contributed by atoms with van der Waals surface area (Å²) in [5, 5.41) is 0. The lowest BCUT2D eigenvalue weighted by molar-refractivity contribution is -0.0865. The highest BCUT2D eigenvalue weighted by molar-refractivity contribution is 5.21. The van der Waals surface area contributed by atoms with Gasteiger partial charge in [-0.3, -0.25) is 9.80 Å². The van der Waals surface area contributed by atoms with Crippen molar-refractivity contribution in [2.75, 3.05) is 26.2 Å². The van der Waals surface area contributed by atoms with Crippen molar-refractivity contribution in [3.8, 4) is 0 Å². The van der Waals surface area contributed by atoms with Gasteiger partial charge in [-0.15, -0.1) is 0 Å². The number of likely N-dealkylation sites (tertiary alicyclic amines) is 1. The van der Waals surface area contributed by atoms with Crippen molar-refractivity contribution in [2.45, 2.75) is 58.4 Å². The Bertz CT molecular complexity index is 461. The molecule has 2 heterocycles. The molecule has 0 aliphatic carbocycles. The molecule has 0 amide bonds. The van der Waals surface area contributed by atoms with Gasteiger partial charge in [0, 0.05) is 25.7 Å². The lowest BCUT2D eigenvalue weighted by Crippen LogP contribution is -3.00. The minimum Gasteiger partial charge on any atom is -1.00 e. The molecule has 0 saturated carbocycles. The molecule has 0 radical (unpaired) electrons. The normalized spacial score (nSPS) is 27.6. The van der Waals surface area contributed by atoms with Crippen LogP contribution in [0.25, 0.3) is 0 Å². The van der Waals surface area contributed by atoms with Crippen LogP contribution in [0.4, 0.5) is 0 Å². The molecule has 2 aliphatic rings. The number of benzene rings is 1. The molecule has 3 nitrogen and oxygen atoms in total. The van der Waals surface area contributed by atoms with E-state index in [4.69, 9.17) is 4.74 Å². The summed E-state index contributed by atoms with van der Waals surface area (Å²) in [5.41, 5.74) is 2.79. The maximum atomic E-state index is 5.86. The SMILES string of the molecule is Cc1ccc(CN2CCC(N3CC(C)OC(C)C3)CC2)cc1.[Cl-]. The summed E-state index contributed by atoms with van der Waals surface area (Å²) in [6.45, 7) is 12.3. The number of piperidine rings is 1. The average molecular weight is 338 g/mol. The topological polar surface area (TPSA) is 15.7 Å². The van der Waals surface area contributed by atoms with Crippen LogP contribution in [-0.4, -0.2) is 54.2 Å². The maximum Gasteiger partial charge on any atom is 0.0678 e. The number of rotatable bonds is 3. The Labute approximate surface area is 147 Å². The molecule has 23 heavy (non-hydrogen) atoms. The number of nitrogens with zero attached hydrogens (tertiary/aromatic N) is 2.